The van der Waals surface area contributed by atoms with Gasteiger partial charge in [-0.1, -0.05) is 0 Å². The quantitative estimate of drug-likeness (QED) is 0.813. The van der Waals surface area contributed by atoms with Crippen LogP contribution in [-0.2, 0) is 10.0 Å². The Morgan fingerprint density at radius 2 is 1.82 bits per heavy atom. The predicted molar refractivity (Wildman–Crippen MR) is 90.7 cm³/mol. The lowest BCUT2D eigenvalue weighted by Gasteiger charge is -2.21. The first kappa shape index (κ1) is 19.5. The van der Waals surface area contributed by atoms with Crippen LogP contribution >= 0.6 is 28.3 Å². The van der Waals surface area contributed by atoms with E-state index in [0.29, 0.717) is 35.6 Å². The molecule has 1 fully saturated rings. The van der Waals surface area contributed by atoms with Crippen molar-refractivity contribution < 1.29 is 17.9 Å². The van der Waals surface area contributed by atoms with Crippen LogP contribution in [0.3, 0.4) is 0 Å². The van der Waals surface area contributed by atoms with Crippen molar-refractivity contribution in [2.45, 2.75) is 11.3 Å². The third kappa shape index (κ3) is 4.05. The van der Waals surface area contributed by atoms with Gasteiger partial charge >= 0.3 is 0 Å². The fraction of sp³-hybridized carbons (Fsp3) is 0.538. The molecule has 0 unspecified atom stereocenters. The highest BCUT2D eigenvalue weighted by Gasteiger charge is 2.29. The number of sulfonamides is 1. The molecule has 0 bridgehead atoms. The Bertz CT molecular complexity index is 604. The standard InChI is InChI=1S/C13H19BrN2O4S.ClH/c1-19-11-9-13(12(20-2)8-10(11)14)21(17,18)16-6-3-4-15-5-7-16;/h8-9,15H,3-7H2,1-2H3;1H. The average Bonchev–Trinajstić information content (AvgIpc) is 2.76. The summed E-state index contributed by atoms with van der Waals surface area (Å²) >= 11 is 3.33. The number of methoxy groups -OCH3 is 2. The topological polar surface area (TPSA) is 67.9 Å². The van der Waals surface area contributed by atoms with Gasteiger partial charge < -0.3 is 14.8 Å². The van der Waals surface area contributed by atoms with Gasteiger partial charge in [-0.25, -0.2) is 8.42 Å². The molecule has 0 aliphatic carbocycles. The van der Waals surface area contributed by atoms with Crippen molar-refractivity contribution in [3.05, 3.63) is 16.6 Å². The van der Waals surface area contributed by atoms with Crippen molar-refractivity contribution in [2.24, 2.45) is 0 Å². The maximum absolute atomic E-state index is 12.8. The summed E-state index contributed by atoms with van der Waals surface area (Å²) in [7, 11) is -0.656. The van der Waals surface area contributed by atoms with E-state index < -0.39 is 10.0 Å². The van der Waals surface area contributed by atoms with Crippen LogP contribution < -0.4 is 14.8 Å². The molecule has 1 saturated heterocycles. The van der Waals surface area contributed by atoms with Crippen molar-refractivity contribution in [2.75, 3.05) is 40.4 Å². The molecule has 1 N–H and O–H groups in total. The molecule has 0 amide bonds. The van der Waals surface area contributed by atoms with Gasteiger partial charge in [0, 0.05) is 25.7 Å². The number of hydrogen-bond acceptors (Lipinski definition) is 5. The van der Waals surface area contributed by atoms with Crippen LogP contribution in [0.15, 0.2) is 21.5 Å². The van der Waals surface area contributed by atoms with E-state index in [-0.39, 0.29) is 17.3 Å². The van der Waals surface area contributed by atoms with Gasteiger partial charge in [-0.15, -0.1) is 12.4 Å². The van der Waals surface area contributed by atoms with E-state index in [1.54, 1.807) is 6.07 Å². The molecular weight excluding hydrogens is 396 g/mol. The van der Waals surface area contributed by atoms with E-state index in [4.69, 9.17) is 9.47 Å². The number of nitrogens with zero attached hydrogens (tertiary/aromatic N) is 1. The zero-order valence-corrected chi connectivity index (χ0v) is 15.7. The zero-order chi connectivity index (χ0) is 15.5. The van der Waals surface area contributed by atoms with E-state index in [9.17, 15) is 8.42 Å². The van der Waals surface area contributed by atoms with Gasteiger partial charge in [-0.2, -0.15) is 4.31 Å². The normalized spacial score (nSPS) is 16.5. The fourth-order valence-electron chi connectivity index (χ4n) is 2.23. The Morgan fingerprint density at radius 3 is 2.45 bits per heavy atom. The predicted octanol–water partition coefficient (Wildman–Crippen LogP) is 1.87. The summed E-state index contributed by atoms with van der Waals surface area (Å²) < 4.78 is 38.3. The number of halogens is 2. The van der Waals surface area contributed by atoms with Crippen molar-refractivity contribution in [1.29, 1.82) is 0 Å². The zero-order valence-electron chi connectivity index (χ0n) is 12.5. The van der Waals surface area contributed by atoms with Crippen LogP contribution in [0.25, 0.3) is 0 Å². The highest BCUT2D eigenvalue weighted by atomic mass is 79.9. The van der Waals surface area contributed by atoms with Gasteiger partial charge in [0.2, 0.25) is 10.0 Å². The van der Waals surface area contributed by atoms with E-state index in [1.807, 2.05) is 0 Å². The Labute approximate surface area is 145 Å². The monoisotopic (exact) mass is 414 g/mol. The minimum Gasteiger partial charge on any atom is -0.496 e. The number of hydrogen-bond donors (Lipinski definition) is 1. The molecule has 0 spiro atoms. The van der Waals surface area contributed by atoms with Gasteiger partial charge in [0.15, 0.2) is 0 Å². The summed E-state index contributed by atoms with van der Waals surface area (Å²) in [5.41, 5.74) is 0. The summed E-state index contributed by atoms with van der Waals surface area (Å²) in [6.07, 6.45) is 0.787. The molecule has 1 aliphatic rings. The lowest BCUT2D eigenvalue weighted by molar-refractivity contribution is 0.383. The average molecular weight is 416 g/mol. The van der Waals surface area contributed by atoms with E-state index in [1.165, 1.54) is 24.6 Å². The molecule has 1 aliphatic heterocycles. The Hall–Kier alpha value is -0.540. The third-order valence-corrected chi connectivity index (χ3v) is 5.89. The minimum atomic E-state index is -3.61. The van der Waals surface area contributed by atoms with Crippen molar-refractivity contribution >= 4 is 38.4 Å². The minimum absolute atomic E-state index is 0. The van der Waals surface area contributed by atoms with Crippen molar-refractivity contribution in [3.63, 3.8) is 0 Å². The van der Waals surface area contributed by atoms with Crippen LogP contribution in [0.5, 0.6) is 11.5 Å². The number of benzene rings is 1. The lowest BCUT2D eigenvalue weighted by atomic mass is 10.3. The molecule has 0 saturated carbocycles. The lowest BCUT2D eigenvalue weighted by Crippen LogP contribution is -2.34. The van der Waals surface area contributed by atoms with Crippen molar-refractivity contribution in [1.82, 2.24) is 9.62 Å². The van der Waals surface area contributed by atoms with Gasteiger partial charge in [-0.3, -0.25) is 0 Å². The number of ether oxygens (including phenoxy) is 2. The van der Waals surface area contributed by atoms with E-state index in [2.05, 4.69) is 21.2 Å². The third-order valence-electron chi connectivity index (χ3n) is 3.35. The Kier molecular flexibility index (Phi) is 7.40. The summed E-state index contributed by atoms with van der Waals surface area (Å²) in [6, 6.07) is 3.11. The Morgan fingerprint density at radius 1 is 1.14 bits per heavy atom. The number of nitrogens with one attached hydrogen (secondary N) is 1. The van der Waals surface area contributed by atoms with Crippen LogP contribution in [-0.4, -0.2) is 53.1 Å². The SMILES string of the molecule is COc1cc(S(=O)(=O)N2CCCNCC2)c(OC)cc1Br.Cl. The van der Waals surface area contributed by atoms with Gasteiger partial charge in [0.05, 0.1) is 18.7 Å². The molecule has 126 valence electrons. The van der Waals surface area contributed by atoms with E-state index >= 15 is 0 Å². The smallest absolute Gasteiger partial charge is 0.246 e. The van der Waals surface area contributed by atoms with Gasteiger partial charge in [-0.05, 0) is 35.0 Å². The first-order valence-electron chi connectivity index (χ1n) is 6.63. The Balaban J connectivity index is 0.00000242. The molecule has 2 rings (SSSR count). The molecule has 0 radical (unpaired) electrons. The molecule has 1 aromatic carbocycles. The first-order valence-corrected chi connectivity index (χ1v) is 8.86. The first-order chi connectivity index (χ1) is 10.0. The molecule has 1 heterocycles. The summed E-state index contributed by atoms with van der Waals surface area (Å²) in [6.45, 7) is 2.42. The second kappa shape index (κ2) is 8.35. The number of rotatable bonds is 4. The molecule has 22 heavy (non-hydrogen) atoms. The van der Waals surface area contributed by atoms with Crippen LogP contribution in [0.2, 0.25) is 0 Å². The van der Waals surface area contributed by atoms with Crippen LogP contribution in [0, 0.1) is 0 Å². The molecule has 0 aromatic heterocycles. The van der Waals surface area contributed by atoms with Crippen LogP contribution in [0.4, 0.5) is 0 Å². The van der Waals surface area contributed by atoms with Gasteiger partial charge in [0.25, 0.3) is 0 Å². The summed E-state index contributed by atoms with van der Waals surface area (Å²) in [5, 5.41) is 3.19. The highest BCUT2D eigenvalue weighted by molar-refractivity contribution is 9.10. The molecule has 9 heteroatoms. The largest absolute Gasteiger partial charge is 0.496 e. The molecule has 6 nitrogen and oxygen atoms in total. The molecule has 0 atom stereocenters. The van der Waals surface area contributed by atoms with Crippen LogP contribution in [0.1, 0.15) is 6.42 Å². The molecule has 1 aromatic rings. The highest BCUT2D eigenvalue weighted by Crippen LogP contribution is 2.36. The fourth-order valence-corrected chi connectivity index (χ4v) is 4.35. The van der Waals surface area contributed by atoms with Gasteiger partial charge in [0.1, 0.15) is 16.4 Å². The summed E-state index contributed by atoms with van der Waals surface area (Å²) in [5.74, 6) is 0.766. The second-order valence-corrected chi connectivity index (χ2v) is 7.41. The summed E-state index contributed by atoms with van der Waals surface area (Å²) in [4.78, 5) is 0.131. The molecular formula is C13H20BrClN2O4S. The maximum Gasteiger partial charge on any atom is 0.246 e. The maximum atomic E-state index is 12.8. The van der Waals surface area contributed by atoms with Crippen molar-refractivity contribution in [3.8, 4) is 11.5 Å². The second-order valence-electron chi connectivity index (χ2n) is 4.65. The van der Waals surface area contributed by atoms with E-state index in [0.717, 1.165) is 13.0 Å².